The van der Waals surface area contributed by atoms with Crippen molar-refractivity contribution in [1.29, 1.82) is 0 Å². The molecule has 76 valence electrons. The zero-order valence-electron chi connectivity index (χ0n) is 7.77. The number of aromatic nitrogens is 1. The van der Waals surface area contributed by atoms with E-state index in [1.54, 1.807) is 24.3 Å². The first-order chi connectivity index (χ1) is 7.20. The molecule has 0 unspecified atom stereocenters. The predicted molar refractivity (Wildman–Crippen MR) is 54.9 cm³/mol. The fraction of sp³-hybridized carbons (Fsp3) is 0. The smallest absolute Gasteiger partial charge is 0.353 e. The molecule has 0 radical (unpaired) electrons. The lowest BCUT2D eigenvalue weighted by Crippen LogP contribution is -1.98. The molecule has 0 amide bonds. The third-order valence-corrected chi connectivity index (χ3v) is 2.14. The zero-order valence-corrected chi connectivity index (χ0v) is 7.77. The SMILES string of the molecule is O=C(O)c1[nH]cc(O)c1-c1ccccc1. The molecule has 4 heteroatoms. The number of hydrogen-bond donors (Lipinski definition) is 3. The van der Waals surface area contributed by atoms with E-state index < -0.39 is 5.97 Å². The van der Waals surface area contributed by atoms with E-state index in [2.05, 4.69) is 4.98 Å². The van der Waals surface area contributed by atoms with Crippen LogP contribution in [0.3, 0.4) is 0 Å². The van der Waals surface area contributed by atoms with E-state index in [4.69, 9.17) is 5.11 Å². The highest BCUT2D eigenvalue weighted by Crippen LogP contribution is 2.32. The van der Waals surface area contributed by atoms with Gasteiger partial charge in [-0.3, -0.25) is 0 Å². The van der Waals surface area contributed by atoms with Crippen molar-refractivity contribution in [3.8, 4) is 16.9 Å². The third-order valence-electron chi connectivity index (χ3n) is 2.14. The van der Waals surface area contributed by atoms with Gasteiger partial charge in [0.2, 0.25) is 0 Å². The van der Waals surface area contributed by atoms with Gasteiger partial charge in [-0.25, -0.2) is 4.79 Å². The van der Waals surface area contributed by atoms with Gasteiger partial charge in [-0.1, -0.05) is 30.3 Å². The van der Waals surface area contributed by atoms with E-state index in [9.17, 15) is 9.90 Å². The molecule has 2 rings (SSSR count). The van der Waals surface area contributed by atoms with Crippen LogP contribution in [-0.2, 0) is 0 Å². The van der Waals surface area contributed by atoms with Crippen LogP contribution >= 0.6 is 0 Å². The highest BCUT2D eigenvalue weighted by molar-refractivity contribution is 5.96. The Bertz CT molecular complexity index is 488. The number of nitrogens with one attached hydrogen (secondary N) is 1. The summed E-state index contributed by atoms with van der Waals surface area (Å²) in [6.45, 7) is 0. The number of aromatic hydroxyl groups is 1. The lowest BCUT2D eigenvalue weighted by atomic mass is 10.1. The number of aromatic amines is 1. The first kappa shape index (κ1) is 9.33. The summed E-state index contributed by atoms with van der Waals surface area (Å²) in [5.74, 6) is -1.15. The average molecular weight is 203 g/mol. The van der Waals surface area contributed by atoms with Crippen molar-refractivity contribution in [3.63, 3.8) is 0 Å². The molecule has 0 saturated carbocycles. The molecule has 0 aliphatic heterocycles. The van der Waals surface area contributed by atoms with Crippen LogP contribution in [0.25, 0.3) is 11.1 Å². The number of carbonyl (C=O) groups is 1. The van der Waals surface area contributed by atoms with Gasteiger partial charge in [-0.15, -0.1) is 0 Å². The molecule has 0 aliphatic carbocycles. The monoisotopic (exact) mass is 203 g/mol. The zero-order chi connectivity index (χ0) is 10.8. The van der Waals surface area contributed by atoms with Gasteiger partial charge in [0.1, 0.15) is 11.4 Å². The summed E-state index contributed by atoms with van der Waals surface area (Å²) in [4.78, 5) is 13.4. The highest BCUT2D eigenvalue weighted by Gasteiger charge is 2.17. The highest BCUT2D eigenvalue weighted by atomic mass is 16.4. The Balaban J connectivity index is 2.62. The molecule has 0 saturated heterocycles. The molecular weight excluding hydrogens is 194 g/mol. The van der Waals surface area contributed by atoms with E-state index in [1.165, 1.54) is 6.20 Å². The van der Waals surface area contributed by atoms with Crippen LogP contribution in [0.4, 0.5) is 0 Å². The summed E-state index contributed by atoms with van der Waals surface area (Å²) in [5.41, 5.74) is 0.996. The van der Waals surface area contributed by atoms with Crippen LogP contribution in [0.1, 0.15) is 10.5 Å². The summed E-state index contributed by atoms with van der Waals surface area (Å²) in [6.07, 6.45) is 1.27. The maximum absolute atomic E-state index is 10.9. The molecule has 1 heterocycles. The second-order valence-corrected chi connectivity index (χ2v) is 3.10. The number of rotatable bonds is 2. The number of carboxylic acid groups (broad SMARTS) is 1. The molecule has 1 aromatic heterocycles. The Labute approximate surface area is 85.8 Å². The van der Waals surface area contributed by atoms with Crippen molar-refractivity contribution in [2.45, 2.75) is 0 Å². The van der Waals surface area contributed by atoms with Crippen molar-refractivity contribution in [3.05, 3.63) is 42.2 Å². The molecule has 0 bridgehead atoms. The largest absolute Gasteiger partial charge is 0.506 e. The van der Waals surface area contributed by atoms with Crippen LogP contribution in [-0.4, -0.2) is 21.2 Å². The Morgan fingerprint density at radius 3 is 2.47 bits per heavy atom. The van der Waals surface area contributed by atoms with Gasteiger partial charge in [0, 0.05) is 6.20 Å². The number of carboxylic acids is 1. The Hall–Kier alpha value is -2.23. The molecular formula is C11H9NO3. The third kappa shape index (κ3) is 1.57. The summed E-state index contributed by atoms with van der Waals surface area (Å²) in [6, 6.07) is 8.89. The first-order valence-corrected chi connectivity index (χ1v) is 4.39. The Morgan fingerprint density at radius 2 is 1.87 bits per heavy atom. The van der Waals surface area contributed by atoms with Crippen molar-refractivity contribution < 1.29 is 15.0 Å². The van der Waals surface area contributed by atoms with Gasteiger partial charge >= 0.3 is 5.97 Å². The van der Waals surface area contributed by atoms with Gasteiger partial charge < -0.3 is 15.2 Å². The van der Waals surface area contributed by atoms with Crippen molar-refractivity contribution in [1.82, 2.24) is 4.98 Å². The second-order valence-electron chi connectivity index (χ2n) is 3.10. The fourth-order valence-electron chi connectivity index (χ4n) is 1.48. The molecule has 15 heavy (non-hydrogen) atoms. The van der Waals surface area contributed by atoms with Crippen LogP contribution in [0.15, 0.2) is 36.5 Å². The fourth-order valence-corrected chi connectivity index (χ4v) is 1.48. The minimum absolute atomic E-state index is 0.00120. The molecule has 3 N–H and O–H groups in total. The lowest BCUT2D eigenvalue weighted by Gasteiger charge is -2.00. The van der Waals surface area contributed by atoms with Crippen molar-refractivity contribution in [2.24, 2.45) is 0 Å². The standard InChI is InChI=1S/C11H9NO3/c13-8-6-12-10(11(14)15)9(8)7-4-2-1-3-5-7/h1-6,12-13H,(H,14,15). The van der Waals surface area contributed by atoms with E-state index in [-0.39, 0.29) is 11.4 Å². The number of H-pyrrole nitrogens is 1. The van der Waals surface area contributed by atoms with Crippen LogP contribution in [0, 0.1) is 0 Å². The van der Waals surface area contributed by atoms with Gasteiger partial charge in [0.15, 0.2) is 0 Å². The van der Waals surface area contributed by atoms with Crippen LogP contribution < -0.4 is 0 Å². The second kappa shape index (κ2) is 3.49. The molecule has 0 aliphatic rings. The van der Waals surface area contributed by atoms with Crippen molar-refractivity contribution >= 4 is 5.97 Å². The molecule has 0 fully saturated rings. The summed E-state index contributed by atoms with van der Waals surface area (Å²) in [7, 11) is 0. The van der Waals surface area contributed by atoms with E-state index in [0.717, 1.165) is 0 Å². The topological polar surface area (TPSA) is 73.3 Å². The minimum atomic E-state index is -1.09. The van der Waals surface area contributed by atoms with E-state index in [1.807, 2.05) is 6.07 Å². The quantitative estimate of drug-likeness (QED) is 0.699. The predicted octanol–water partition coefficient (Wildman–Crippen LogP) is 2.09. The Morgan fingerprint density at radius 1 is 1.20 bits per heavy atom. The van der Waals surface area contributed by atoms with Crippen LogP contribution in [0.2, 0.25) is 0 Å². The van der Waals surface area contributed by atoms with Crippen molar-refractivity contribution in [2.75, 3.05) is 0 Å². The van der Waals surface area contributed by atoms with Gasteiger partial charge in [-0.05, 0) is 5.56 Å². The normalized spacial score (nSPS) is 10.1. The average Bonchev–Trinajstić information content (AvgIpc) is 2.61. The maximum Gasteiger partial charge on any atom is 0.353 e. The number of hydrogen-bond acceptors (Lipinski definition) is 2. The first-order valence-electron chi connectivity index (χ1n) is 4.39. The van der Waals surface area contributed by atoms with Gasteiger partial charge in [0.25, 0.3) is 0 Å². The number of aromatic carboxylic acids is 1. The molecule has 0 atom stereocenters. The van der Waals surface area contributed by atoms with Gasteiger partial charge in [0.05, 0.1) is 5.56 Å². The van der Waals surface area contributed by atoms with Crippen LogP contribution in [0.5, 0.6) is 5.75 Å². The molecule has 1 aromatic carbocycles. The Kier molecular flexibility index (Phi) is 2.17. The molecule has 0 spiro atoms. The van der Waals surface area contributed by atoms with Gasteiger partial charge in [-0.2, -0.15) is 0 Å². The van der Waals surface area contributed by atoms with E-state index in [0.29, 0.717) is 11.1 Å². The molecule has 2 aromatic rings. The summed E-state index contributed by atoms with van der Waals surface area (Å²) >= 11 is 0. The minimum Gasteiger partial charge on any atom is -0.506 e. The summed E-state index contributed by atoms with van der Waals surface area (Å²) in [5, 5.41) is 18.4. The lowest BCUT2D eigenvalue weighted by molar-refractivity contribution is 0.0692. The summed E-state index contributed by atoms with van der Waals surface area (Å²) < 4.78 is 0. The number of benzene rings is 1. The van der Waals surface area contributed by atoms with E-state index >= 15 is 0 Å². The molecule has 4 nitrogen and oxygen atoms in total. The maximum atomic E-state index is 10.9.